The molecule has 1 N–H and O–H groups in total. The lowest BCUT2D eigenvalue weighted by atomic mass is 10.3. The van der Waals surface area contributed by atoms with Crippen molar-refractivity contribution in [3.05, 3.63) is 50.7 Å². The van der Waals surface area contributed by atoms with Gasteiger partial charge in [0.25, 0.3) is 11.6 Å². The van der Waals surface area contributed by atoms with E-state index in [0.717, 1.165) is 0 Å². The molecule has 0 spiro atoms. The van der Waals surface area contributed by atoms with Crippen molar-refractivity contribution in [2.24, 2.45) is 0 Å². The van der Waals surface area contributed by atoms with Crippen molar-refractivity contribution < 1.29 is 9.72 Å². The molecule has 0 radical (unpaired) electrons. The number of amides is 1. The third kappa shape index (κ3) is 2.63. The number of hydrogen-bond acceptors (Lipinski definition) is 4. The molecule has 1 aromatic heterocycles. The fourth-order valence-corrected chi connectivity index (χ4v) is 1.89. The highest BCUT2D eigenvalue weighted by molar-refractivity contribution is 9.10. The van der Waals surface area contributed by atoms with Crippen LogP contribution in [-0.4, -0.2) is 27.7 Å². The van der Waals surface area contributed by atoms with Crippen LogP contribution < -0.4 is 5.32 Å². The number of carbonyl (C=O) groups is 1. The number of nitrogens with one attached hydrogen (secondary N) is 1. The van der Waals surface area contributed by atoms with E-state index >= 15 is 0 Å². The lowest BCUT2D eigenvalue weighted by Crippen LogP contribution is -2.18. The molecule has 1 heterocycles. The largest absolute Gasteiger partial charge is 0.354 e. The van der Waals surface area contributed by atoms with Crippen LogP contribution in [0.15, 0.2) is 34.9 Å². The number of benzene rings is 1. The normalized spacial score (nSPS) is 10.2. The van der Waals surface area contributed by atoms with Gasteiger partial charge in [-0.05, 0) is 18.2 Å². The quantitative estimate of drug-likeness (QED) is 0.689. The molecule has 1 amide bonds. The number of halogens is 1. The van der Waals surface area contributed by atoms with Crippen molar-refractivity contribution in [3.8, 4) is 5.69 Å². The van der Waals surface area contributed by atoms with E-state index in [4.69, 9.17) is 0 Å². The molecule has 2 aromatic rings. The third-order valence-corrected chi connectivity index (χ3v) is 2.92. The lowest BCUT2D eigenvalue weighted by Gasteiger charge is -2.03. The van der Waals surface area contributed by atoms with Crippen molar-refractivity contribution in [2.75, 3.05) is 7.05 Å². The van der Waals surface area contributed by atoms with Gasteiger partial charge in [0.05, 0.1) is 4.92 Å². The van der Waals surface area contributed by atoms with Gasteiger partial charge in [0, 0.05) is 23.8 Å². The van der Waals surface area contributed by atoms with Crippen molar-refractivity contribution in [1.29, 1.82) is 0 Å². The van der Waals surface area contributed by atoms with Gasteiger partial charge in [-0.2, -0.15) is 5.10 Å². The Bertz CT molecular complexity index is 653. The molecule has 0 saturated carbocycles. The number of carbonyl (C=O) groups excluding carboxylic acids is 1. The van der Waals surface area contributed by atoms with E-state index in [1.807, 2.05) is 0 Å². The van der Waals surface area contributed by atoms with Gasteiger partial charge in [-0.25, -0.2) is 4.68 Å². The van der Waals surface area contributed by atoms with E-state index in [1.165, 1.54) is 30.1 Å². The molecule has 19 heavy (non-hydrogen) atoms. The Morgan fingerprint density at radius 1 is 1.47 bits per heavy atom. The molecule has 0 fully saturated rings. The molecular weight excluding hydrogens is 316 g/mol. The highest BCUT2D eigenvalue weighted by Crippen LogP contribution is 2.26. The molecule has 0 aliphatic heterocycles. The Balaban J connectivity index is 2.50. The Morgan fingerprint density at radius 2 is 2.21 bits per heavy atom. The lowest BCUT2D eigenvalue weighted by molar-refractivity contribution is -0.384. The molecule has 2 rings (SSSR count). The number of nitro benzene ring substituents is 1. The molecule has 8 heteroatoms. The molecule has 0 unspecified atom stereocenters. The summed E-state index contributed by atoms with van der Waals surface area (Å²) in [5.74, 6) is -0.349. The first-order valence-electron chi connectivity index (χ1n) is 5.25. The fraction of sp³-hybridized carbons (Fsp3) is 0.0909. The van der Waals surface area contributed by atoms with E-state index in [9.17, 15) is 14.9 Å². The van der Waals surface area contributed by atoms with Crippen LogP contribution in [0.5, 0.6) is 0 Å². The predicted molar refractivity (Wildman–Crippen MR) is 71.3 cm³/mol. The second-order valence-corrected chi connectivity index (χ2v) is 4.53. The number of hydrogen-bond donors (Lipinski definition) is 1. The second-order valence-electron chi connectivity index (χ2n) is 3.61. The van der Waals surface area contributed by atoms with Gasteiger partial charge in [0.15, 0.2) is 5.69 Å². The van der Waals surface area contributed by atoms with Crippen LogP contribution in [0.3, 0.4) is 0 Å². The van der Waals surface area contributed by atoms with Crippen molar-refractivity contribution in [3.63, 3.8) is 0 Å². The molecule has 0 aliphatic rings. The van der Waals surface area contributed by atoms with Crippen LogP contribution in [0.2, 0.25) is 0 Å². The number of nitro groups is 1. The summed E-state index contributed by atoms with van der Waals surface area (Å²) >= 11 is 3.18. The SMILES string of the molecule is CNC(=O)c1ccn(-c2ccc(Br)cc2[N+](=O)[O-])n1. The van der Waals surface area contributed by atoms with Crippen LogP contribution in [-0.2, 0) is 0 Å². The number of rotatable bonds is 3. The Hall–Kier alpha value is -2.22. The summed E-state index contributed by atoms with van der Waals surface area (Å²) in [6.07, 6.45) is 1.50. The summed E-state index contributed by atoms with van der Waals surface area (Å²) in [4.78, 5) is 21.9. The predicted octanol–water partition coefficient (Wildman–Crippen LogP) is 1.90. The van der Waals surface area contributed by atoms with Gasteiger partial charge in [-0.3, -0.25) is 14.9 Å². The molecule has 0 bridgehead atoms. The first kappa shape index (κ1) is 13.2. The first-order valence-corrected chi connectivity index (χ1v) is 6.04. The summed E-state index contributed by atoms with van der Waals surface area (Å²) in [5.41, 5.74) is 0.393. The maximum absolute atomic E-state index is 11.4. The van der Waals surface area contributed by atoms with Crippen LogP contribution in [0.4, 0.5) is 5.69 Å². The second kappa shape index (κ2) is 5.19. The molecule has 0 atom stereocenters. The van der Waals surface area contributed by atoms with Crippen molar-refractivity contribution in [2.45, 2.75) is 0 Å². The van der Waals surface area contributed by atoms with E-state index in [2.05, 4.69) is 26.3 Å². The minimum Gasteiger partial charge on any atom is -0.354 e. The van der Waals surface area contributed by atoms with E-state index in [1.54, 1.807) is 12.1 Å². The highest BCUT2D eigenvalue weighted by atomic mass is 79.9. The Labute approximate surface area is 116 Å². The molecule has 7 nitrogen and oxygen atoms in total. The van der Waals surface area contributed by atoms with E-state index in [0.29, 0.717) is 10.2 Å². The van der Waals surface area contributed by atoms with Gasteiger partial charge < -0.3 is 5.32 Å². The molecule has 0 saturated heterocycles. The topological polar surface area (TPSA) is 90.1 Å². The summed E-state index contributed by atoms with van der Waals surface area (Å²) in [6.45, 7) is 0. The smallest absolute Gasteiger partial charge is 0.295 e. The molecule has 1 aromatic carbocycles. The molecule has 98 valence electrons. The van der Waals surface area contributed by atoms with Crippen molar-refractivity contribution in [1.82, 2.24) is 15.1 Å². The summed E-state index contributed by atoms with van der Waals surface area (Å²) in [6, 6.07) is 6.10. The molecular formula is C11H9BrN4O3. The van der Waals surface area contributed by atoms with Gasteiger partial charge in [-0.15, -0.1) is 0 Å². The minimum atomic E-state index is -0.499. The summed E-state index contributed by atoms with van der Waals surface area (Å²) < 4.78 is 1.90. The zero-order valence-corrected chi connectivity index (χ0v) is 11.4. The number of aromatic nitrogens is 2. The average molecular weight is 325 g/mol. The van der Waals surface area contributed by atoms with Crippen LogP contribution in [0.25, 0.3) is 5.69 Å². The number of nitrogens with zero attached hydrogens (tertiary/aromatic N) is 3. The first-order chi connectivity index (χ1) is 9.02. The maximum Gasteiger partial charge on any atom is 0.295 e. The van der Waals surface area contributed by atoms with Crippen LogP contribution in [0.1, 0.15) is 10.5 Å². The average Bonchev–Trinajstić information content (AvgIpc) is 2.87. The van der Waals surface area contributed by atoms with E-state index < -0.39 is 4.92 Å². The van der Waals surface area contributed by atoms with Gasteiger partial charge >= 0.3 is 0 Å². The zero-order chi connectivity index (χ0) is 14.0. The Kier molecular flexibility index (Phi) is 3.61. The van der Waals surface area contributed by atoms with Crippen LogP contribution >= 0.6 is 15.9 Å². The van der Waals surface area contributed by atoms with E-state index in [-0.39, 0.29) is 17.3 Å². The van der Waals surface area contributed by atoms with Gasteiger partial charge in [0.2, 0.25) is 0 Å². The Morgan fingerprint density at radius 3 is 2.84 bits per heavy atom. The molecule has 0 aliphatic carbocycles. The van der Waals surface area contributed by atoms with Crippen molar-refractivity contribution >= 4 is 27.5 Å². The third-order valence-electron chi connectivity index (χ3n) is 2.43. The highest BCUT2D eigenvalue weighted by Gasteiger charge is 2.17. The standard InChI is InChI=1S/C11H9BrN4O3/c1-13-11(17)8-4-5-15(14-8)9-3-2-7(12)6-10(9)16(18)19/h2-6H,1H3,(H,13,17). The van der Waals surface area contributed by atoms with Gasteiger partial charge in [-0.1, -0.05) is 15.9 Å². The maximum atomic E-state index is 11.4. The minimum absolute atomic E-state index is 0.0964. The van der Waals surface area contributed by atoms with Gasteiger partial charge in [0.1, 0.15) is 5.69 Å². The zero-order valence-electron chi connectivity index (χ0n) is 9.83. The monoisotopic (exact) mass is 324 g/mol. The summed E-state index contributed by atoms with van der Waals surface area (Å²) in [7, 11) is 1.49. The fourth-order valence-electron chi connectivity index (χ4n) is 1.54. The van der Waals surface area contributed by atoms with Crippen LogP contribution in [0, 0.1) is 10.1 Å². The summed E-state index contributed by atoms with van der Waals surface area (Å²) in [5, 5.41) is 17.5.